The average molecular weight is 455 g/mol. The van der Waals surface area contributed by atoms with Crippen LogP contribution in [-0.2, 0) is 4.79 Å². The average Bonchev–Trinajstić information content (AvgIpc) is 3.26. The number of fused-ring (bicyclic) bond motifs is 1. The lowest BCUT2D eigenvalue weighted by atomic mass is 9.96. The Morgan fingerprint density at radius 2 is 1.79 bits per heavy atom. The molecule has 0 bridgehead atoms. The zero-order valence-electron chi connectivity index (χ0n) is 20.3. The maximum absolute atomic E-state index is 12.8. The van der Waals surface area contributed by atoms with Gasteiger partial charge in [-0.2, -0.15) is 0 Å². The van der Waals surface area contributed by atoms with E-state index in [2.05, 4.69) is 23.5 Å². The van der Waals surface area contributed by atoms with Crippen LogP contribution in [0.5, 0.6) is 5.75 Å². The van der Waals surface area contributed by atoms with Crippen LogP contribution in [0.15, 0.2) is 77.4 Å². The number of amides is 1. The molecular formula is C29H30N2O3. The van der Waals surface area contributed by atoms with E-state index in [9.17, 15) is 4.79 Å². The van der Waals surface area contributed by atoms with Crippen molar-refractivity contribution in [3.8, 4) is 16.9 Å². The number of furan rings is 1. The molecule has 0 radical (unpaired) electrons. The molecule has 0 saturated heterocycles. The van der Waals surface area contributed by atoms with E-state index in [1.807, 2.05) is 82.2 Å². The van der Waals surface area contributed by atoms with Gasteiger partial charge in [0.05, 0.1) is 12.9 Å². The molecule has 1 aromatic heterocycles. The van der Waals surface area contributed by atoms with Crippen molar-refractivity contribution in [2.75, 3.05) is 30.9 Å². The molecule has 0 spiro atoms. The zero-order chi connectivity index (χ0) is 24.2. The Labute approximate surface area is 200 Å². The van der Waals surface area contributed by atoms with E-state index < -0.39 is 0 Å². The molecule has 1 N–H and O–H groups in total. The van der Waals surface area contributed by atoms with Gasteiger partial charge in [0.2, 0.25) is 5.91 Å². The number of allylic oxidation sites excluding steroid dienone is 1. The maximum Gasteiger partial charge on any atom is 0.248 e. The summed E-state index contributed by atoms with van der Waals surface area (Å²) in [5.74, 6) is 0.548. The summed E-state index contributed by atoms with van der Waals surface area (Å²) in [7, 11) is 3.97. The van der Waals surface area contributed by atoms with Crippen molar-refractivity contribution in [1.82, 2.24) is 0 Å². The first kappa shape index (κ1) is 23.2. The Bertz CT molecular complexity index is 1330. The number of hydrogen-bond donors (Lipinski definition) is 1. The van der Waals surface area contributed by atoms with Gasteiger partial charge >= 0.3 is 0 Å². The number of ether oxygens (including phenoxy) is 1. The quantitative estimate of drug-likeness (QED) is 0.308. The van der Waals surface area contributed by atoms with Crippen LogP contribution in [0, 0.1) is 6.92 Å². The number of anilines is 2. The Morgan fingerprint density at radius 3 is 2.44 bits per heavy atom. The molecule has 34 heavy (non-hydrogen) atoms. The standard InChI is InChI=1S/C29H30N2O3/c1-6-33-28-20(3)29-25(26(18-34-29)21-10-8-7-9-11-21)17-24(28)19(2)16-27(32)30-22-12-14-23(15-13-22)31(4)5/h7-18H,6H2,1-5H3,(H,30,32)/b19-16+. The van der Waals surface area contributed by atoms with Crippen LogP contribution in [-0.4, -0.2) is 26.6 Å². The summed E-state index contributed by atoms with van der Waals surface area (Å²) in [6.07, 6.45) is 3.40. The summed E-state index contributed by atoms with van der Waals surface area (Å²) in [6, 6.07) is 19.9. The third kappa shape index (κ3) is 4.69. The minimum atomic E-state index is -0.189. The lowest BCUT2D eigenvalue weighted by Crippen LogP contribution is -2.10. The normalized spacial score (nSPS) is 11.5. The number of aryl methyl sites for hydroxylation is 1. The van der Waals surface area contributed by atoms with Gasteiger partial charge in [0.1, 0.15) is 11.3 Å². The Morgan fingerprint density at radius 1 is 1.09 bits per heavy atom. The van der Waals surface area contributed by atoms with Crippen LogP contribution >= 0.6 is 0 Å². The second-order valence-electron chi connectivity index (χ2n) is 8.46. The molecule has 0 aliphatic rings. The summed E-state index contributed by atoms with van der Waals surface area (Å²) in [4.78, 5) is 14.8. The van der Waals surface area contributed by atoms with Crippen molar-refractivity contribution in [1.29, 1.82) is 0 Å². The van der Waals surface area contributed by atoms with Crippen molar-refractivity contribution >= 4 is 33.8 Å². The van der Waals surface area contributed by atoms with Gasteiger partial charge in [-0.25, -0.2) is 0 Å². The number of rotatable bonds is 7. The van der Waals surface area contributed by atoms with Crippen LogP contribution in [0.1, 0.15) is 25.0 Å². The van der Waals surface area contributed by atoms with Crippen molar-refractivity contribution < 1.29 is 13.9 Å². The number of nitrogens with one attached hydrogen (secondary N) is 1. The van der Waals surface area contributed by atoms with Crippen molar-refractivity contribution in [2.45, 2.75) is 20.8 Å². The molecule has 5 heteroatoms. The summed E-state index contributed by atoms with van der Waals surface area (Å²) in [5, 5.41) is 3.95. The van der Waals surface area contributed by atoms with Gasteiger partial charge in [-0.1, -0.05) is 30.3 Å². The smallest absolute Gasteiger partial charge is 0.248 e. The minimum Gasteiger partial charge on any atom is -0.493 e. The largest absolute Gasteiger partial charge is 0.493 e. The molecule has 0 atom stereocenters. The lowest BCUT2D eigenvalue weighted by molar-refractivity contribution is -0.111. The van der Waals surface area contributed by atoms with Gasteiger partial charge in [-0.05, 0) is 62.2 Å². The first-order chi connectivity index (χ1) is 16.4. The molecule has 5 nitrogen and oxygen atoms in total. The fourth-order valence-electron chi connectivity index (χ4n) is 4.08. The molecule has 174 valence electrons. The molecule has 4 aromatic rings. The van der Waals surface area contributed by atoms with E-state index in [4.69, 9.17) is 9.15 Å². The van der Waals surface area contributed by atoms with Crippen molar-refractivity contribution in [3.05, 3.63) is 84.1 Å². The first-order valence-corrected chi connectivity index (χ1v) is 11.4. The van der Waals surface area contributed by atoms with Crippen LogP contribution < -0.4 is 15.0 Å². The molecule has 0 aliphatic heterocycles. The van der Waals surface area contributed by atoms with E-state index in [1.165, 1.54) is 0 Å². The highest BCUT2D eigenvalue weighted by Crippen LogP contribution is 2.40. The van der Waals surface area contributed by atoms with E-state index in [-0.39, 0.29) is 5.91 Å². The number of carbonyl (C=O) groups is 1. The Balaban J connectivity index is 1.71. The maximum atomic E-state index is 12.8. The van der Waals surface area contributed by atoms with Crippen LogP contribution in [0.25, 0.3) is 27.7 Å². The predicted molar refractivity (Wildman–Crippen MR) is 141 cm³/mol. The first-order valence-electron chi connectivity index (χ1n) is 11.4. The third-order valence-corrected chi connectivity index (χ3v) is 5.84. The van der Waals surface area contributed by atoms with Gasteiger partial charge in [-0.15, -0.1) is 0 Å². The summed E-state index contributed by atoms with van der Waals surface area (Å²) in [6.45, 7) is 6.40. The molecule has 0 aliphatic carbocycles. The van der Waals surface area contributed by atoms with Crippen LogP contribution in [0.4, 0.5) is 11.4 Å². The van der Waals surface area contributed by atoms with E-state index >= 15 is 0 Å². The van der Waals surface area contributed by atoms with Gasteiger partial charge in [0.25, 0.3) is 0 Å². The topological polar surface area (TPSA) is 54.7 Å². The summed E-state index contributed by atoms with van der Waals surface area (Å²) >= 11 is 0. The molecule has 1 amide bonds. The van der Waals surface area contributed by atoms with Gasteiger partial charge < -0.3 is 19.4 Å². The fourth-order valence-corrected chi connectivity index (χ4v) is 4.08. The lowest BCUT2D eigenvalue weighted by Gasteiger charge is -2.15. The SMILES string of the molecule is CCOc1c(/C(C)=C/C(=O)Nc2ccc(N(C)C)cc2)cc2c(-c3ccccc3)coc2c1C. The monoisotopic (exact) mass is 454 g/mol. The molecule has 1 heterocycles. The molecule has 3 aromatic carbocycles. The van der Waals surface area contributed by atoms with Crippen LogP contribution in [0.2, 0.25) is 0 Å². The molecular weight excluding hydrogens is 424 g/mol. The molecule has 0 saturated carbocycles. The number of nitrogens with zero attached hydrogens (tertiary/aromatic N) is 1. The summed E-state index contributed by atoms with van der Waals surface area (Å²) in [5.41, 5.74) is 7.33. The summed E-state index contributed by atoms with van der Waals surface area (Å²) < 4.78 is 12.0. The zero-order valence-corrected chi connectivity index (χ0v) is 20.3. The van der Waals surface area contributed by atoms with Gasteiger partial charge in [-0.3, -0.25) is 4.79 Å². The third-order valence-electron chi connectivity index (χ3n) is 5.84. The Kier molecular flexibility index (Phi) is 6.73. The Hall–Kier alpha value is -3.99. The molecule has 4 rings (SSSR count). The van der Waals surface area contributed by atoms with Gasteiger partial charge in [0, 0.05) is 53.6 Å². The highest BCUT2D eigenvalue weighted by molar-refractivity contribution is 6.06. The number of benzene rings is 3. The second kappa shape index (κ2) is 9.87. The van der Waals surface area contributed by atoms with E-state index in [0.717, 1.165) is 55.9 Å². The predicted octanol–water partition coefficient (Wildman–Crippen LogP) is 6.91. The number of carbonyl (C=O) groups excluding carboxylic acids is 1. The molecule has 0 unspecified atom stereocenters. The minimum absolute atomic E-state index is 0.189. The highest BCUT2D eigenvalue weighted by Gasteiger charge is 2.19. The van der Waals surface area contributed by atoms with E-state index in [1.54, 1.807) is 12.3 Å². The van der Waals surface area contributed by atoms with Crippen molar-refractivity contribution in [3.63, 3.8) is 0 Å². The van der Waals surface area contributed by atoms with Gasteiger partial charge in [0.15, 0.2) is 0 Å². The highest BCUT2D eigenvalue weighted by atomic mass is 16.5. The fraction of sp³-hybridized carbons (Fsp3) is 0.207. The van der Waals surface area contributed by atoms with Crippen molar-refractivity contribution in [2.24, 2.45) is 0 Å². The molecule has 0 fully saturated rings. The van der Waals surface area contributed by atoms with Crippen LogP contribution in [0.3, 0.4) is 0 Å². The number of hydrogen-bond acceptors (Lipinski definition) is 4. The second-order valence-corrected chi connectivity index (χ2v) is 8.46. The van der Waals surface area contributed by atoms with E-state index in [0.29, 0.717) is 6.61 Å².